The first-order chi connectivity index (χ1) is 14.2. The van der Waals surface area contributed by atoms with Gasteiger partial charge in [0.15, 0.2) is 11.6 Å². The van der Waals surface area contributed by atoms with Crippen LogP contribution >= 0.6 is 11.6 Å². The van der Waals surface area contributed by atoms with Gasteiger partial charge in [-0.15, -0.1) is 0 Å². The Hall–Kier alpha value is -3.24. The Morgan fingerprint density at radius 3 is 2.63 bits per heavy atom. The van der Waals surface area contributed by atoms with Gasteiger partial charge in [0.25, 0.3) is 0 Å². The van der Waals surface area contributed by atoms with Gasteiger partial charge in [0.1, 0.15) is 17.2 Å². The highest BCUT2D eigenvalue weighted by atomic mass is 35.5. The van der Waals surface area contributed by atoms with E-state index in [1.165, 1.54) is 10.6 Å². The molecule has 1 aromatic carbocycles. The van der Waals surface area contributed by atoms with Crippen molar-refractivity contribution in [2.75, 3.05) is 30.8 Å². The quantitative estimate of drug-likeness (QED) is 0.574. The van der Waals surface area contributed by atoms with Crippen LogP contribution < -0.4 is 21.4 Å². The van der Waals surface area contributed by atoms with Crippen molar-refractivity contribution in [3.8, 4) is 5.82 Å². The van der Waals surface area contributed by atoms with E-state index < -0.39 is 34.4 Å². The molecule has 1 aliphatic rings. The van der Waals surface area contributed by atoms with Crippen molar-refractivity contribution in [1.29, 1.82) is 0 Å². The number of likely N-dealkylation sites (N-methyl/N-ethyl adjacent to an activating group) is 1. The molecule has 0 atom stereocenters. The lowest BCUT2D eigenvalue weighted by Crippen LogP contribution is -2.57. The summed E-state index contributed by atoms with van der Waals surface area (Å²) in [7, 11) is 1.79. The highest BCUT2D eigenvalue weighted by Crippen LogP contribution is 2.38. The van der Waals surface area contributed by atoms with Crippen LogP contribution in [0.2, 0.25) is 5.02 Å². The molecule has 0 unspecified atom stereocenters. The maximum absolute atomic E-state index is 14.9. The van der Waals surface area contributed by atoms with E-state index in [2.05, 4.69) is 10.3 Å². The number of nitrogens with zero attached hydrogens (tertiary/aromatic N) is 3. The van der Waals surface area contributed by atoms with Crippen molar-refractivity contribution in [2.45, 2.75) is 6.04 Å². The van der Waals surface area contributed by atoms with Crippen LogP contribution in [-0.2, 0) is 0 Å². The summed E-state index contributed by atoms with van der Waals surface area (Å²) in [6.07, 6.45) is 1.02. The fraction of sp³-hybridized carbons (Fsp3) is 0.211. The van der Waals surface area contributed by atoms with Crippen molar-refractivity contribution in [3.63, 3.8) is 0 Å². The van der Waals surface area contributed by atoms with Crippen molar-refractivity contribution in [3.05, 3.63) is 56.8 Å². The summed E-state index contributed by atoms with van der Waals surface area (Å²) in [5.41, 5.74) is 4.17. The first-order valence-electron chi connectivity index (χ1n) is 8.88. The number of carboxylic acids is 1. The number of rotatable bonds is 4. The fourth-order valence-corrected chi connectivity index (χ4v) is 3.86. The van der Waals surface area contributed by atoms with Gasteiger partial charge in [0, 0.05) is 25.3 Å². The number of aromatic nitrogens is 2. The van der Waals surface area contributed by atoms with Crippen molar-refractivity contribution >= 4 is 40.0 Å². The number of carbonyl (C=O) groups is 1. The molecule has 0 spiro atoms. The minimum absolute atomic E-state index is 0.0255. The Balaban J connectivity index is 2.05. The average Bonchev–Trinajstić information content (AvgIpc) is 2.66. The number of nitrogens with two attached hydrogens (primary N) is 1. The molecule has 0 radical (unpaired) electrons. The summed E-state index contributed by atoms with van der Waals surface area (Å²) < 4.78 is 29.7. The fourth-order valence-electron chi connectivity index (χ4n) is 3.45. The van der Waals surface area contributed by atoms with Crippen LogP contribution in [0.1, 0.15) is 10.4 Å². The average molecular weight is 436 g/mol. The topological polar surface area (TPSA) is 113 Å². The number of benzene rings is 1. The normalized spacial score (nSPS) is 14.2. The van der Waals surface area contributed by atoms with Crippen LogP contribution in [0.4, 0.5) is 20.3 Å². The second-order valence-corrected chi connectivity index (χ2v) is 7.27. The Bertz CT molecular complexity index is 1260. The zero-order valence-corrected chi connectivity index (χ0v) is 16.4. The highest BCUT2D eigenvalue weighted by molar-refractivity contribution is 6.38. The van der Waals surface area contributed by atoms with Crippen LogP contribution in [0.3, 0.4) is 0 Å². The number of carboxylic acid groups (broad SMARTS) is 1. The summed E-state index contributed by atoms with van der Waals surface area (Å²) in [5, 5.41) is 12.2. The van der Waals surface area contributed by atoms with Crippen LogP contribution in [0.5, 0.6) is 0 Å². The van der Waals surface area contributed by atoms with Crippen LogP contribution in [0, 0.1) is 11.6 Å². The minimum Gasteiger partial charge on any atom is -0.477 e. The molecule has 0 amide bonds. The summed E-state index contributed by atoms with van der Waals surface area (Å²) in [6.45, 7) is 0.996. The second-order valence-electron chi connectivity index (χ2n) is 6.89. The molecule has 4 N–H and O–H groups in total. The zero-order chi connectivity index (χ0) is 21.7. The number of nitrogens with one attached hydrogen (secondary N) is 1. The Morgan fingerprint density at radius 1 is 1.33 bits per heavy atom. The van der Waals surface area contributed by atoms with Gasteiger partial charge >= 0.3 is 5.97 Å². The van der Waals surface area contributed by atoms with E-state index in [4.69, 9.17) is 17.3 Å². The third kappa shape index (κ3) is 3.04. The summed E-state index contributed by atoms with van der Waals surface area (Å²) >= 11 is 6.53. The summed E-state index contributed by atoms with van der Waals surface area (Å²) in [5.74, 6) is -3.42. The molecule has 1 saturated heterocycles. The highest BCUT2D eigenvalue weighted by Gasteiger charge is 2.31. The van der Waals surface area contributed by atoms with Crippen molar-refractivity contribution in [2.24, 2.45) is 0 Å². The van der Waals surface area contributed by atoms with Crippen LogP contribution in [0.25, 0.3) is 16.7 Å². The van der Waals surface area contributed by atoms with Gasteiger partial charge in [-0.25, -0.2) is 18.6 Å². The Kier molecular flexibility index (Phi) is 4.83. The minimum atomic E-state index is -1.51. The number of nitrogen functional groups attached to an aromatic ring is 1. The largest absolute Gasteiger partial charge is 0.477 e. The monoisotopic (exact) mass is 435 g/mol. The first-order valence-corrected chi connectivity index (χ1v) is 9.26. The van der Waals surface area contributed by atoms with E-state index >= 15 is 0 Å². The lowest BCUT2D eigenvalue weighted by atomic mass is 10.0. The van der Waals surface area contributed by atoms with Crippen molar-refractivity contribution in [1.82, 2.24) is 14.9 Å². The lowest BCUT2D eigenvalue weighted by molar-refractivity contribution is 0.0695. The van der Waals surface area contributed by atoms with Gasteiger partial charge in [-0.1, -0.05) is 11.6 Å². The van der Waals surface area contributed by atoms with Gasteiger partial charge in [-0.2, -0.15) is 0 Å². The lowest BCUT2D eigenvalue weighted by Gasteiger charge is -2.41. The Morgan fingerprint density at radius 2 is 2.03 bits per heavy atom. The molecule has 0 bridgehead atoms. The third-order valence-electron chi connectivity index (χ3n) is 5.10. The number of halogens is 3. The molecular formula is C19H16ClF2N5O3. The molecule has 0 saturated carbocycles. The molecular weight excluding hydrogens is 420 g/mol. The number of hydrogen-bond acceptors (Lipinski definition) is 6. The van der Waals surface area contributed by atoms with Gasteiger partial charge in [-0.05, 0) is 25.2 Å². The maximum atomic E-state index is 14.9. The summed E-state index contributed by atoms with van der Waals surface area (Å²) in [4.78, 5) is 29.9. The molecule has 4 rings (SSSR count). The van der Waals surface area contributed by atoms with E-state index in [1.807, 2.05) is 0 Å². The predicted octanol–water partition coefficient (Wildman–Crippen LogP) is 2.01. The van der Waals surface area contributed by atoms with E-state index in [0.717, 1.165) is 18.3 Å². The number of fused-ring (bicyclic) bond motifs is 1. The molecule has 1 fully saturated rings. The molecule has 3 heterocycles. The molecule has 2 aromatic heterocycles. The van der Waals surface area contributed by atoms with Gasteiger partial charge in [-0.3, -0.25) is 9.36 Å². The predicted molar refractivity (Wildman–Crippen MR) is 109 cm³/mol. The van der Waals surface area contributed by atoms with E-state index in [-0.39, 0.29) is 33.5 Å². The van der Waals surface area contributed by atoms with Crippen molar-refractivity contribution < 1.29 is 18.7 Å². The smallest absolute Gasteiger partial charge is 0.341 e. The molecule has 156 valence electrons. The standard InChI is InChI=1S/C19H16ClF2N5O3/c1-24-8-5-26(6-8)16-12(22)4-9-15(14(16)20)27(7-10(17(9)28)19(29)30)13-3-2-11(21)18(23)25-13/h2-4,7-8,24H,5-6H2,1H3,(H2,23,25)(H,29,30). The Labute approximate surface area is 173 Å². The zero-order valence-electron chi connectivity index (χ0n) is 15.6. The molecule has 30 heavy (non-hydrogen) atoms. The number of hydrogen-bond donors (Lipinski definition) is 3. The number of aromatic carboxylic acids is 1. The van der Waals surface area contributed by atoms with E-state index in [1.54, 1.807) is 11.9 Å². The second kappa shape index (κ2) is 7.22. The van der Waals surface area contributed by atoms with Crippen LogP contribution in [-0.4, -0.2) is 46.8 Å². The third-order valence-corrected chi connectivity index (χ3v) is 5.46. The molecule has 3 aromatic rings. The number of pyridine rings is 2. The molecule has 0 aliphatic carbocycles. The maximum Gasteiger partial charge on any atom is 0.341 e. The SMILES string of the molecule is CNC1CN(c2c(F)cc3c(=O)c(C(=O)O)cn(-c4ccc(F)c(N)n4)c3c2Cl)C1. The first kappa shape index (κ1) is 20.0. The molecule has 1 aliphatic heterocycles. The van der Waals surface area contributed by atoms with Gasteiger partial charge < -0.3 is 21.1 Å². The summed E-state index contributed by atoms with van der Waals surface area (Å²) in [6, 6.07) is 3.42. The number of anilines is 2. The van der Waals surface area contributed by atoms with Gasteiger partial charge in [0.2, 0.25) is 5.43 Å². The van der Waals surface area contributed by atoms with E-state index in [0.29, 0.717) is 13.1 Å². The van der Waals surface area contributed by atoms with E-state index in [9.17, 15) is 23.5 Å². The van der Waals surface area contributed by atoms with Gasteiger partial charge in [0.05, 0.1) is 21.6 Å². The molecule has 8 nitrogen and oxygen atoms in total. The van der Waals surface area contributed by atoms with Crippen LogP contribution in [0.15, 0.2) is 29.2 Å². The molecule has 11 heteroatoms.